The van der Waals surface area contributed by atoms with Gasteiger partial charge in [-0.25, -0.2) is 0 Å². The lowest BCUT2D eigenvalue weighted by molar-refractivity contribution is -0.139. The first-order valence-electron chi connectivity index (χ1n) is 8.57. The van der Waals surface area contributed by atoms with E-state index >= 15 is 0 Å². The van der Waals surface area contributed by atoms with Crippen LogP contribution < -0.4 is 0 Å². The molecule has 122 valence electrons. The molecule has 2 fully saturated rings. The zero-order valence-electron chi connectivity index (χ0n) is 14.6. The molecule has 2 aliphatic heterocycles. The normalized spacial score (nSPS) is 23.8. The van der Waals surface area contributed by atoms with Gasteiger partial charge in [-0.2, -0.15) is 0 Å². The third-order valence-corrected chi connectivity index (χ3v) is 5.15. The fourth-order valence-corrected chi connectivity index (χ4v) is 3.52. The van der Waals surface area contributed by atoms with Gasteiger partial charge in [0.2, 0.25) is 5.91 Å². The molecule has 0 aromatic rings. The van der Waals surface area contributed by atoms with Gasteiger partial charge in [0.1, 0.15) is 0 Å². The number of carbonyl (C=O) groups excluding carboxylic acids is 1. The average Bonchev–Trinajstić information content (AvgIpc) is 2.46. The van der Waals surface area contributed by atoms with Crippen LogP contribution in [0.5, 0.6) is 0 Å². The number of hydrogen-bond donors (Lipinski definition) is 0. The van der Waals surface area contributed by atoms with E-state index in [0.717, 1.165) is 52.1 Å². The largest absolute Gasteiger partial charge is 0.340 e. The maximum atomic E-state index is 12.7. The zero-order chi connectivity index (χ0) is 15.6. The number of piperazine rings is 1. The Morgan fingerprint density at radius 1 is 0.952 bits per heavy atom. The molecule has 2 aliphatic rings. The molecule has 0 spiro atoms. The first-order valence-corrected chi connectivity index (χ1v) is 8.57. The van der Waals surface area contributed by atoms with Gasteiger partial charge in [-0.05, 0) is 60.5 Å². The van der Waals surface area contributed by atoms with Crippen LogP contribution in [0.25, 0.3) is 0 Å². The lowest BCUT2D eigenvalue weighted by Gasteiger charge is -2.43. The summed E-state index contributed by atoms with van der Waals surface area (Å²) in [6.45, 7) is 17.2. The number of nitrogens with zero attached hydrogens (tertiary/aromatic N) is 3. The standard InChI is InChI=1S/C17H33N3O/c1-14(2)18-8-6-15(7-9-18)16(21)19-10-12-20(13-11-19)17(3,4)5/h14-15H,6-13H2,1-5H3. The van der Waals surface area contributed by atoms with Crippen LogP contribution in [-0.4, -0.2) is 71.5 Å². The highest BCUT2D eigenvalue weighted by atomic mass is 16.2. The average molecular weight is 295 g/mol. The molecule has 1 amide bonds. The van der Waals surface area contributed by atoms with Crippen LogP contribution in [0.2, 0.25) is 0 Å². The van der Waals surface area contributed by atoms with E-state index in [1.54, 1.807) is 0 Å². The van der Waals surface area contributed by atoms with Gasteiger partial charge in [0.25, 0.3) is 0 Å². The van der Waals surface area contributed by atoms with Crippen LogP contribution in [0.4, 0.5) is 0 Å². The van der Waals surface area contributed by atoms with Crippen molar-refractivity contribution in [3.63, 3.8) is 0 Å². The summed E-state index contributed by atoms with van der Waals surface area (Å²) >= 11 is 0. The Balaban J connectivity index is 1.80. The Labute approximate surface area is 130 Å². The highest BCUT2D eigenvalue weighted by Crippen LogP contribution is 2.23. The molecule has 0 aromatic carbocycles. The molecule has 0 saturated carbocycles. The second-order valence-electron chi connectivity index (χ2n) is 7.89. The minimum absolute atomic E-state index is 0.220. The summed E-state index contributed by atoms with van der Waals surface area (Å²) < 4.78 is 0. The van der Waals surface area contributed by atoms with E-state index in [4.69, 9.17) is 0 Å². The van der Waals surface area contributed by atoms with Crippen LogP contribution in [0.1, 0.15) is 47.5 Å². The lowest BCUT2D eigenvalue weighted by atomic mass is 9.94. The quantitative estimate of drug-likeness (QED) is 0.780. The van der Waals surface area contributed by atoms with E-state index in [1.165, 1.54) is 0 Å². The number of carbonyl (C=O) groups is 1. The summed E-state index contributed by atoms with van der Waals surface area (Å²) in [5.41, 5.74) is 0.220. The van der Waals surface area contributed by atoms with Gasteiger partial charge in [0.05, 0.1) is 0 Å². The van der Waals surface area contributed by atoms with Gasteiger partial charge >= 0.3 is 0 Å². The molecule has 2 rings (SSSR count). The lowest BCUT2D eigenvalue weighted by Crippen LogP contribution is -2.56. The van der Waals surface area contributed by atoms with E-state index in [1.807, 2.05) is 0 Å². The predicted octanol–water partition coefficient (Wildman–Crippen LogP) is 2.05. The van der Waals surface area contributed by atoms with Crippen LogP contribution in [0.15, 0.2) is 0 Å². The maximum absolute atomic E-state index is 12.7. The summed E-state index contributed by atoms with van der Waals surface area (Å²) in [6, 6.07) is 0.608. The van der Waals surface area contributed by atoms with E-state index < -0.39 is 0 Å². The fraction of sp³-hybridized carbons (Fsp3) is 0.941. The van der Waals surface area contributed by atoms with Gasteiger partial charge < -0.3 is 9.80 Å². The SMILES string of the molecule is CC(C)N1CCC(C(=O)N2CCN(C(C)(C)C)CC2)CC1. The van der Waals surface area contributed by atoms with Gasteiger partial charge in [-0.15, -0.1) is 0 Å². The van der Waals surface area contributed by atoms with Crippen LogP contribution in [-0.2, 0) is 4.79 Å². The fourth-order valence-electron chi connectivity index (χ4n) is 3.52. The molecule has 2 saturated heterocycles. The second kappa shape index (κ2) is 6.66. The van der Waals surface area contributed by atoms with Gasteiger partial charge in [0, 0.05) is 43.7 Å². The van der Waals surface area contributed by atoms with Crippen molar-refractivity contribution in [1.82, 2.24) is 14.7 Å². The van der Waals surface area contributed by atoms with E-state index in [0.29, 0.717) is 11.9 Å². The smallest absolute Gasteiger partial charge is 0.225 e. The van der Waals surface area contributed by atoms with Crippen molar-refractivity contribution in [2.45, 2.75) is 59.0 Å². The number of piperidine rings is 1. The van der Waals surface area contributed by atoms with Gasteiger partial charge in [0.15, 0.2) is 0 Å². The van der Waals surface area contributed by atoms with Crippen molar-refractivity contribution in [3.8, 4) is 0 Å². The van der Waals surface area contributed by atoms with Crippen LogP contribution in [0, 0.1) is 5.92 Å². The van der Waals surface area contributed by atoms with E-state index in [-0.39, 0.29) is 11.5 Å². The number of likely N-dealkylation sites (tertiary alicyclic amines) is 1. The van der Waals surface area contributed by atoms with Crippen molar-refractivity contribution in [1.29, 1.82) is 0 Å². The highest BCUT2D eigenvalue weighted by molar-refractivity contribution is 5.79. The van der Waals surface area contributed by atoms with Crippen molar-refractivity contribution >= 4 is 5.91 Å². The third kappa shape index (κ3) is 4.19. The molecule has 4 nitrogen and oxygen atoms in total. The molecule has 0 N–H and O–H groups in total. The van der Waals surface area contributed by atoms with Gasteiger partial charge in [-0.3, -0.25) is 9.69 Å². The Bertz CT molecular complexity index is 346. The Kier molecular flexibility index (Phi) is 5.31. The first kappa shape index (κ1) is 16.8. The number of hydrogen-bond acceptors (Lipinski definition) is 3. The Morgan fingerprint density at radius 3 is 1.90 bits per heavy atom. The molecular formula is C17H33N3O. The molecule has 2 heterocycles. The minimum atomic E-state index is 0.220. The van der Waals surface area contributed by atoms with Crippen LogP contribution >= 0.6 is 0 Å². The van der Waals surface area contributed by atoms with Crippen molar-refractivity contribution in [2.75, 3.05) is 39.3 Å². The first-order chi connectivity index (χ1) is 9.79. The Hall–Kier alpha value is -0.610. The summed E-state index contributed by atoms with van der Waals surface area (Å²) in [5.74, 6) is 0.674. The van der Waals surface area contributed by atoms with E-state index in [2.05, 4.69) is 49.3 Å². The molecule has 21 heavy (non-hydrogen) atoms. The van der Waals surface area contributed by atoms with Crippen LogP contribution in [0.3, 0.4) is 0 Å². The monoisotopic (exact) mass is 295 g/mol. The van der Waals surface area contributed by atoms with Crippen molar-refractivity contribution in [2.24, 2.45) is 5.92 Å². The molecule has 0 unspecified atom stereocenters. The number of rotatable bonds is 2. The summed E-state index contributed by atoms with van der Waals surface area (Å²) in [4.78, 5) is 19.8. The predicted molar refractivity (Wildman–Crippen MR) is 87.3 cm³/mol. The zero-order valence-corrected chi connectivity index (χ0v) is 14.6. The summed E-state index contributed by atoms with van der Waals surface area (Å²) in [6.07, 6.45) is 2.08. The molecule has 0 bridgehead atoms. The van der Waals surface area contributed by atoms with Crippen molar-refractivity contribution in [3.05, 3.63) is 0 Å². The second-order valence-corrected chi connectivity index (χ2v) is 7.89. The summed E-state index contributed by atoms with van der Waals surface area (Å²) in [7, 11) is 0. The minimum Gasteiger partial charge on any atom is -0.340 e. The molecule has 0 radical (unpaired) electrons. The summed E-state index contributed by atoms with van der Waals surface area (Å²) in [5, 5.41) is 0. The van der Waals surface area contributed by atoms with E-state index in [9.17, 15) is 4.79 Å². The molecular weight excluding hydrogens is 262 g/mol. The number of amides is 1. The molecule has 0 aromatic heterocycles. The van der Waals surface area contributed by atoms with Gasteiger partial charge in [-0.1, -0.05) is 0 Å². The molecule has 0 atom stereocenters. The Morgan fingerprint density at radius 2 is 1.48 bits per heavy atom. The molecule has 0 aliphatic carbocycles. The topological polar surface area (TPSA) is 26.8 Å². The van der Waals surface area contributed by atoms with Crippen molar-refractivity contribution < 1.29 is 4.79 Å². The molecule has 4 heteroatoms. The maximum Gasteiger partial charge on any atom is 0.225 e. The third-order valence-electron chi connectivity index (χ3n) is 5.15. The highest BCUT2D eigenvalue weighted by Gasteiger charge is 2.32.